The zero-order chi connectivity index (χ0) is 23.6. The minimum atomic E-state index is -1.99. The summed E-state index contributed by atoms with van der Waals surface area (Å²) in [5.74, 6) is -2.04. The number of rotatable bonds is 7. The Hall–Kier alpha value is -3.43. The molecular weight excluding hydrogens is 428 g/mol. The van der Waals surface area contributed by atoms with Gasteiger partial charge in [0.1, 0.15) is 12.6 Å². The molecule has 9 nitrogen and oxygen atoms in total. The molecule has 1 saturated heterocycles. The number of nitrogens with one attached hydrogen (secondary N) is 1. The Morgan fingerprint density at radius 2 is 1.73 bits per heavy atom. The number of carboxylic acid groups (broad SMARTS) is 1. The molecule has 1 aliphatic heterocycles. The van der Waals surface area contributed by atoms with E-state index >= 15 is 0 Å². The van der Waals surface area contributed by atoms with Crippen LogP contribution in [0, 0.1) is 0 Å². The molecule has 2 aromatic rings. The van der Waals surface area contributed by atoms with Gasteiger partial charge < -0.3 is 29.9 Å². The smallest absolute Gasteiger partial charge is 0.407 e. The molecule has 2 atom stereocenters. The van der Waals surface area contributed by atoms with E-state index in [2.05, 4.69) is 5.32 Å². The van der Waals surface area contributed by atoms with Gasteiger partial charge in [-0.25, -0.2) is 9.59 Å². The Morgan fingerprint density at radius 3 is 2.27 bits per heavy atom. The van der Waals surface area contributed by atoms with Gasteiger partial charge in [0.05, 0.1) is 13.2 Å². The molecule has 2 unspecified atom stereocenters. The number of β-amino-alcohol motifs (C(OH)–C–C–N with tert-alkyl or cyclic N) is 1. The van der Waals surface area contributed by atoms with Gasteiger partial charge in [-0.2, -0.15) is 0 Å². The second-order valence-electron chi connectivity index (χ2n) is 8.32. The van der Waals surface area contributed by atoms with Crippen LogP contribution in [0.15, 0.2) is 48.5 Å². The summed E-state index contributed by atoms with van der Waals surface area (Å²) in [6.45, 7) is -0.316. The number of benzene rings is 2. The lowest BCUT2D eigenvalue weighted by Crippen LogP contribution is -2.52. The summed E-state index contributed by atoms with van der Waals surface area (Å²) >= 11 is 0. The number of hydrogen-bond acceptors (Lipinski definition) is 6. The second-order valence-corrected chi connectivity index (χ2v) is 8.32. The van der Waals surface area contributed by atoms with Crippen molar-refractivity contribution < 1.29 is 34.1 Å². The maximum atomic E-state index is 12.8. The van der Waals surface area contributed by atoms with E-state index in [0.29, 0.717) is 0 Å². The van der Waals surface area contributed by atoms with Crippen molar-refractivity contribution in [1.82, 2.24) is 10.2 Å². The van der Waals surface area contributed by atoms with E-state index in [0.717, 1.165) is 22.3 Å². The van der Waals surface area contributed by atoms with Crippen LogP contribution in [0.5, 0.6) is 0 Å². The first-order chi connectivity index (χ1) is 15.8. The van der Waals surface area contributed by atoms with Crippen LogP contribution >= 0.6 is 0 Å². The molecule has 33 heavy (non-hydrogen) atoms. The van der Waals surface area contributed by atoms with Crippen LogP contribution in [-0.2, 0) is 19.1 Å². The molecule has 2 aromatic carbocycles. The molecule has 1 fully saturated rings. The second kappa shape index (κ2) is 9.21. The fourth-order valence-electron chi connectivity index (χ4n) is 4.50. The molecule has 0 saturated carbocycles. The van der Waals surface area contributed by atoms with Gasteiger partial charge in [-0.05, 0) is 22.3 Å². The van der Waals surface area contributed by atoms with Gasteiger partial charge in [0.2, 0.25) is 5.91 Å². The first-order valence-corrected chi connectivity index (χ1v) is 10.7. The molecule has 9 heteroatoms. The number of carboxylic acids is 1. The summed E-state index contributed by atoms with van der Waals surface area (Å²) < 4.78 is 10.5. The largest absolute Gasteiger partial charge is 0.479 e. The Labute approximate surface area is 190 Å². The number of aliphatic hydroxyl groups is 1. The Morgan fingerprint density at radius 1 is 1.12 bits per heavy atom. The number of carbonyl (C=O) groups is 3. The minimum absolute atomic E-state index is 0.0637. The molecule has 2 aliphatic rings. The van der Waals surface area contributed by atoms with Crippen molar-refractivity contribution in [3.63, 3.8) is 0 Å². The lowest BCUT2D eigenvalue weighted by Gasteiger charge is -2.25. The highest BCUT2D eigenvalue weighted by atomic mass is 16.5. The normalized spacial score (nSPS) is 20.1. The molecule has 1 heterocycles. The standard InChI is InChI=1S/C24H26N2O7/c1-32-13-20(21(27)26-11-10-24(31,14-26)22(28)29)25-23(30)33-12-19-17-8-4-2-6-15(17)16-7-3-5-9-18(16)19/h2-9,19-20,31H,10-14H2,1H3,(H,25,30)(H,28,29). The molecule has 0 bridgehead atoms. The summed E-state index contributed by atoms with van der Waals surface area (Å²) in [6.07, 6.45) is -0.862. The highest BCUT2D eigenvalue weighted by Gasteiger charge is 2.46. The topological polar surface area (TPSA) is 125 Å². The zero-order valence-corrected chi connectivity index (χ0v) is 18.2. The van der Waals surface area contributed by atoms with Crippen molar-refractivity contribution in [2.75, 3.05) is 33.4 Å². The average Bonchev–Trinajstić information content (AvgIpc) is 3.36. The molecule has 2 amide bonds. The molecule has 1 aliphatic carbocycles. The van der Waals surface area contributed by atoms with E-state index in [-0.39, 0.29) is 38.6 Å². The number of alkyl carbamates (subject to hydrolysis) is 1. The fourth-order valence-corrected chi connectivity index (χ4v) is 4.50. The van der Waals surface area contributed by atoms with Crippen molar-refractivity contribution >= 4 is 18.0 Å². The first kappa shape index (κ1) is 22.8. The van der Waals surface area contributed by atoms with Crippen LogP contribution in [0.4, 0.5) is 4.79 Å². The summed E-state index contributed by atoms with van der Waals surface area (Å²) in [5.41, 5.74) is 2.36. The third-order valence-electron chi connectivity index (χ3n) is 6.22. The van der Waals surface area contributed by atoms with E-state index < -0.39 is 29.6 Å². The maximum Gasteiger partial charge on any atom is 0.407 e. The summed E-state index contributed by atoms with van der Waals surface area (Å²) in [4.78, 5) is 37.9. The molecular formula is C24H26N2O7. The van der Waals surface area contributed by atoms with E-state index in [1.54, 1.807) is 0 Å². The van der Waals surface area contributed by atoms with Crippen LogP contribution in [0.2, 0.25) is 0 Å². The Kier molecular flexibility index (Phi) is 6.35. The Balaban J connectivity index is 1.40. The SMILES string of the molecule is COCC(NC(=O)OCC1c2ccccc2-c2ccccc21)C(=O)N1CCC(O)(C(=O)O)C1. The number of likely N-dealkylation sites (tertiary alicyclic amines) is 1. The summed E-state index contributed by atoms with van der Waals surface area (Å²) in [5, 5.41) is 21.8. The number of hydrogen-bond donors (Lipinski definition) is 3. The van der Waals surface area contributed by atoms with Gasteiger partial charge in [-0.3, -0.25) is 4.79 Å². The lowest BCUT2D eigenvalue weighted by atomic mass is 9.98. The Bertz CT molecular complexity index is 1030. The van der Waals surface area contributed by atoms with E-state index in [4.69, 9.17) is 9.47 Å². The number of aliphatic carboxylic acids is 1. The fraction of sp³-hybridized carbons (Fsp3) is 0.375. The highest BCUT2D eigenvalue weighted by molar-refractivity contribution is 5.88. The van der Waals surface area contributed by atoms with E-state index in [9.17, 15) is 24.6 Å². The van der Waals surface area contributed by atoms with Gasteiger partial charge in [0.25, 0.3) is 0 Å². The molecule has 0 radical (unpaired) electrons. The minimum Gasteiger partial charge on any atom is -0.479 e. The van der Waals surface area contributed by atoms with Crippen molar-refractivity contribution in [2.45, 2.75) is 24.0 Å². The molecule has 0 spiro atoms. The zero-order valence-electron chi connectivity index (χ0n) is 18.2. The maximum absolute atomic E-state index is 12.8. The lowest BCUT2D eigenvalue weighted by molar-refractivity contribution is -0.157. The van der Waals surface area contributed by atoms with Crippen LogP contribution in [0.3, 0.4) is 0 Å². The quantitative estimate of drug-likeness (QED) is 0.580. The number of methoxy groups -OCH3 is 1. The number of fused-ring (bicyclic) bond motifs is 3. The molecule has 3 N–H and O–H groups in total. The van der Waals surface area contributed by atoms with Gasteiger partial charge in [-0.15, -0.1) is 0 Å². The third-order valence-corrected chi connectivity index (χ3v) is 6.22. The molecule has 4 rings (SSSR count). The van der Waals surface area contributed by atoms with Gasteiger partial charge in [0.15, 0.2) is 5.60 Å². The summed E-state index contributed by atoms with van der Waals surface area (Å²) in [6, 6.07) is 14.9. The predicted octanol–water partition coefficient (Wildman–Crippen LogP) is 1.59. The average molecular weight is 454 g/mol. The first-order valence-electron chi connectivity index (χ1n) is 10.7. The van der Waals surface area contributed by atoms with E-state index in [1.807, 2.05) is 48.5 Å². The van der Waals surface area contributed by atoms with Crippen LogP contribution in [0.25, 0.3) is 11.1 Å². The molecule has 174 valence electrons. The van der Waals surface area contributed by atoms with Crippen LogP contribution < -0.4 is 5.32 Å². The van der Waals surface area contributed by atoms with Crippen molar-refractivity contribution in [1.29, 1.82) is 0 Å². The monoisotopic (exact) mass is 454 g/mol. The highest BCUT2D eigenvalue weighted by Crippen LogP contribution is 2.44. The van der Waals surface area contributed by atoms with Crippen LogP contribution in [-0.4, -0.2) is 78.1 Å². The summed E-state index contributed by atoms with van der Waals surface area (Å²) in [7, 11) is 1.39. The predicted molar refractivity (Wildman–Crippen MR) is 118 cm³/mol. The van der Waals surface area contributed by atoms with Crippen LogP contribution in [0.1, 0.15) is 23.5 Å². The third kappa shape index (κ3) is 4.42. The number of ether oxygens (including phenoxy) is 2. The van der Waals surface area contributed by atoms with Crippen molar-refractivity contribution in [2.24, 2.45) is 0 Å². The number of carbonyl (C=O) groups excluding carboxylic acids is 2. The molecule has 0 aromatic heterocycles. The van der Waals surface area contributed by atoms with Gasteiger partial charge >= 0.3 is 12.1 Å². The number of nitrogens with zero attached hydrogens (tertiary/aromatic N) is 1. The number of amides is 2. The van der Waals surface area contributed by atoms with Crippen molar-refractivity contribution in [3.8, 4) is 11.1 Å². The van der Waals surface area contributed by atoms with Gasteiger partial charge in [0, 0.05) is 26.0 Å². The van der Waals surface area contributed by atoms with Crippen molar-refractivity contribution in [3.05, 3.63) is 59.7 Å². The van der Waals surface area contributed by atoms with E-state index in [1.165, 1.54) is 12.0 Å². The van der Waals surface area contributed by atoms with Gasteiger partial charge in [-0.1, -0.05) is 48.5 Å².